The summed E-state index contributed by atoms with van der Waals surface area (Å²) in [5.74, 6) is 1.06. The number of rotatable bonds is 4. The Bertz CT molecular complexity index is 713. The van der Waals surface area contributed by atoms with Gasteiger partial charge in [0.05, 0.1) is 12.0 Å². The number of ether oxygens (including phenoxy) is 1. The lowest BCUT2D eigenvalue weighted by Gasteiger charge is -2.34. The summed E-state index contributed by atoms with van der Waals surface area (Å²) in [6, 6.07) is 14.9. The van der Waals surface area contributed by atoms with Gasteiger partial charge >= 0.3 is 0 Å². The Balaban J connectivity index is 1.68. The van der Waals surface area contributed by atoms with Crippen LogP contribution >= 0.6 is 0 Å². The number of carbonyl (C=O) groups excluding carboxylic acids is 1. The average molecular weight is 311 g/mol. The Morgan fingerprint density at radius 3 is 2.78 bits per heavy atom. The molecule has 120 valence electrons. The number of fused-ring (bicyclic) bond motifs is 1. The molecule has 2 N–H and O–H groups in total. The van der Waals surface area contributed by atoms with E-state index in [-0.39, 0.29) is 11.7 Å². The van der Waals surface area contributed by atoms with E-state index in [1.54, 1.807) is 12.1 Å². The highest BCUT2D eigenvalue weighted by Crippen LogP contribution is 2.38. The number of benzene rings is 2. The summed E-state index contributed by atoms with van der Waals surface area (Å²) >= 11 is 0. The fourth-order valence-corrected chi connectivity index (χ4v) is 3.01. The lowest BCUT2D eigenvalue weighted by Crippen LogP contribution is -2.45. The molecule has 1 atom stereocenters. The van der Waals surface area contributed by atoms with E-state index in [0.717, 1.165) is 16.9 Å². The Hall–Kier alpha value is -2.49. The van der Waals surface area contributed by atoms with Crippen LogP contribution in [-0.4, -0.2) is 24.2 Å². The number of nitrogens with one attached hydrogen (secondary N) is 1. The first-order valence-corrected chi connectivity index (χ1v) is 7.89. The van der Waals surface area contributed by atoms with Crippen LogP contribution in [0.1, 0.15) is 24.5 Å². The van der Waals surface area contributed by atoms with Crippen molar-refractivity contribution in [3.05, 3.63) is 59.7 Å². The van der Waals surface area contributed by atoms with Crippen LogP contribution in [0.2, 0.25) is 0 Å². The number of hydrogen-bond acceptors (Lipinski definition) is 3. The van der Waals surface area contributed by atoms with Gasteiger partial charge in [-0.15, -0.1) is 0 Å². The van der Waals surface area contributed by atoms with Crippen LogP contribution in [0.15, 0.2) is 48.5 Å². The molecule has 1 aliphatic rings. The van der Waals surface area contributed by atoms with Gasteiger partial charge < -0.3 is 15.2 Å². The number of amides is 1. The maximum absolute atomic E-state index is 12.7. The second kappa shape index (κ2) is 6.32. The van der Waals surface area contributed by atoms with Crippen LogP contribution in [0.25, 0.3) is 0 Å². The molecule has 0 radical (unpaired) electrons. The van der Waals surface area contributed by atoms with Crippen molar-refractivity contribution in [2.45, 2.75) is 25.2 Å². The third kappa shape index (κ3) is 3.02. The zero-order valence-electron chi connectivity index (χ0n) is 13.2. The van der Waals surface area contributed by atoms with Crippen molar-refractivity contribution in [2.24, 2.45) is 0 Å². The van der Waals surface area contributed by atoms with Gasteiger partial charge in [-0.05, 0) is 37.5 Å². The maximum Gasteiger partial charge on any atom is 0.230 e. The van der Waals surface area contributed by atoms with Crippen molar-refractivity contribution in [1.82, 2.24) is 5.32 Å². The molecule has 1 heterocycles. The summed E-state index contributed by atoms with van der Waals surface area (Å²) in [5, 5.41) is 12.8. The SMILES string of the molecule is CC1(C(=O)NCCc2ccccc2O)CCOc2ccccc21. The van der Waals surface area contributed by atoms with Crippen molar-refractivity contribution in [3.63, 3.8) is 0 Å². The fourth-order valence-electron chi connectivity index (χ4n) is 3.01. The molecular weight excluding hydrogens is 290 g/mol. The van der Waals surface area contributed by atoms with E-state index in [9.17, 15) is 9.90 Å². The van der Waals surface area contributed by atoms with Gasteiger partial charge in [-0.1, -0.05) is 36.4 Å². The largest absolute Gasteiger partial charge is 0.508 e. The van der Waals surface area contributed by atoms with Gasteiger partial charge in [0.2, 0.25) is 5.91 Å². The lowest BCUT2D eigenvalue weighted by atomic mass is 9.77. The molecule has 1 aliphatic heterocycles. The van der Waals surface area contributed by atoms with E-state index in [1.807, 2.05) is 43.3 Å². The van der Waals surface area contributed by atoms with Crippen molar-refractivity contribution in [3.8, 4) is 11.5 Å². The highest BCUT2D eigenvalue weighted by atomic mass is 16.5. The molecule has 23 heavy (non-hydrogen) atoms. The van der Waals surface area contributed by atoms with Crippen LogP contribution in [0, 0.1) is 0 Å². The Kier molecular flexibility index (Phi) is 4.24. The molecule has 4 nitrogen and oxygen atoms in total. The summed E-state index contributed by atoms with van der Waals surface area (Å²) in [5.41, 5.74) is 1.20. The minimum atomic E-state index is -0.576. The number of para-hydroxylation sites is 2. The predicted molar refractivity (Wildman–Crippen MR) is 88.7 cm³/mol. The van der Waals surface area contributed by atoms with Crippen molar-refractivity contribution < 1.29 is 14.6 Å². The standard InChI is InChI=1S/C19H21NO3/c1-19(11-13-23-17-9-5-3-7-15(17)19)18(22)20-12-10-14-6-2-4-8-16(14)21/h2-9,21H,10-13H2,1H3,(H,20,22). The summed E-state index contributed by atoms with van der Waals surface area (Å²) < 4.78 is 5.65. The third-order valence-electron chi connectivity index (χ3n) is 4.51. The Labute approximate surface area is 136 Å². The van der Waals surface area contributed by atoms with Gasteiger partial charge in [-0.25, -0.2) is 0 Å². The molecule has 0 saturated heterocycles. The first-order chi connectivity index (χ1) is 11.1. The second-order valence-corrected chi connectivity index (χ2v) is 6.06. The van der Waals surface area contributed by atoms with Crippen molar-refractivity contribution in [2.75, 3.05) is 13.2 Å². The highest BCUT2D eigenvalue weighted by molar-refractivity contribution is 5.88. The molecule has 0 aromatic heterocycles. The van der Waals surface area contributed by atoms with Crippen LogP contribution in [-0.2, 0) is 16.6 Å². The van der Waals surface area contributed by atoms with E-state index < -0.39 is 5.41 Å². The van der Waals surface area contributed by atoms with E-state index in [4.69, 9.17) is 4.74 Å². The van der Waals surface area contributed by atoms with Crippen molar-refractivity contribution >= 4 is 5.91 Å². The molecule has 1 amide bonds. The molecule has 0 spiro atoms. The summed E-state index contributed by atoms with van der Waals surface area (Å²) in [7, 11) is 0. The summed E-state index contributed by atoms with van der Waals surface area (Å²) in [6.45, 7) is 3.00. The molecule has 0 fully saturated rings. The number of phenols is 1. The molecule has 2 aromatic rings. The second-order valence-electron chi connectivity index (χ2n) is 6.06. The van der Waals surface area contributed by atoms with Gasteiger partial charge in [-0.2, -0.15) is 0 Å². The van der Waals surface area contributed by atoms with Crippen LogP contribution in [0.3, 0.4) is 0 Å². The first kappa shape index (κ1) is 15.4. The van der Waals surface area contributed by atoms with E-state index >= 15 is 0 Å². The highest BCUT2D eigenvalue weighted by Gasteiger charge is 2.39. The van der Waals surface area contributed by atoms with Gasteiger partial charge in [0, 0.05) is 12.1 Å². The fraction of sp³-hybridized carbons (Fsp3) is 0.316. The van der Waals surface area contributed by atoms with Crippen LogP contribution in [0.4, 0.5) is 0 Å². The molecule has 1 unspecified atom stereocenters. The lowest BCUT2D eigenvalue weighted by molar-refractivity contribution is -0.127. The monoisotopic (exact) mass is 311 g/mol. The van der Waals surface area contributed by atoms with E-state index in [0.29, 0.717) is 26.0 Å². The third-order valence-corrected chi connectivity index (χ3v) is 4.51. The molecule has 0 saturated carbocycles. The zero-order chi connectivity index (χ0) is 16.3. The van der Waals surface area contributed by atoms with Crippen molar-refractivity contribution in [1.29, 1.82) is 0 Å². The summed E-state index contributed by atoms with van der Waals surface area (Å²) in [6.07, 6.45) is 1.26. The normalized spacial score (nSPS) is 19.5. The number of phenolic OH excluding ortho intramolecular Hbond substituents is 1. The number of aromatic hydroxyl groups is 1. The zero-order valence-corrected chi connectivity index (χ0v) is 13.2. The summed E-state index contributed by atoms with van der Waals surface area (Å²) in [4.78, 5) is 12.7. The topological polar surface area (TPSA) is 58.6 Å². The maximum atomic E-state index is 12.7. The van der Waals surface area contributed by atoms with Gasteiger partial charge in [0.25, 0.3) is 0 Å². The number of hydrogen-bond donors (Lipinski definition) is 2. The minimum absolute atomic E-state index is 0.00340. The van der Waals surface area contributed by atoms with E-state index in [1.165, 1.54) is 0 Å². The molecular formula is C19H21NO3. The molecule has 0 aliphatic carbocycles. The predicted octanol–water partition coefficient (Wildman–Crippen LogP) is 2.79. The Morgan fingerprint density at radius 1 is 1.22 bits per heavy atom. The van der Waals surface area contributed by atoms with E-state index in [2.05, 4.69) is 5.32 Å². The molecule has 2 aromatic carbocycles. The molecule has 3 rings (SSSR count). The molecule has 4 heteroatoms. The van der Waals surface area contributed by atoms with Gasteiger partial charge in [0.1, 0.15) is 11.5 Å². The average Bonchev–Trinajstić information content (AvgIpc) is 2.57. The quantitative estimate of drug-likeness (QED) is 0.913. The number of carbonyl (C=O) groups is 1. The smallest absolute Gasteiger partial charge is 0.230 e. The first-order valence-electron chi connectivity index (χ1n) is 7.89. The van der Waals surface area contributed by atoms with Crippen LogP contribution < -0.4 is 10.1 Å². The minimum Gasteiger partial charge on any atom is -0.508 e. The Morgan fingerprint density at radius 2 is 1.96 bits per heavy atom. The van der Waals surface area contributed by atoms with Gasteiger partial charge in [0.15, 0.2) is 0 Å². The molecule has 0 bridgehead atoms. The van der Waals surface area contributed by atoms with Gasteiger partial charge in [-0.3, -0.25) is 4.79 Å². The van der Waals surface area contributed by atoms with Crippen LogP contribution in [0.5, 0.6) is 11.5 Å².